The molecule has 1 heterocycles. The van der Waals surface area contributed by atoms with E-state index in [2.05, 4.69) is 5.32 Å². The molecule has 1 aromatic heterocycles. The summed E-state index contributed by atoms with van der Waals surface area (Å²) in [5, 5.41) is 2.98. The van der Waals surface area contributed by atoms with Gasteiger partial charge in [0.05, 0.1) is 10.6 Å². The summed E-state index contributed by atoms with van der Waals surface area (Å²) in [4.78, 5) is 14.7. The summed E-state index contributed by atoms with van der Waals surface area (Å²) in [6.45, 7) is 0. The molecule has 1 aliphatic rings. The lowest BCUT2D eigenvalue weighted by Gasteiger charge is -2.11. The predicted octanol–water partition coefficient (Wildman–Crippen LogP) is 5.28. The summed E-state index contributed by atoms with van der Waals surface area (Å²) in [5.74, 6) is 1.31. The molecule has 24 heavy (non-hydrogen) atoms. The molecule has 4 heteroatoms. The molecule has 0 atom stereocenters. The molecule has 1 amide bonds. The minimum atomic E-state index is -0.0708. The van der Waals surface area contributed by atoms with Crippen LogP contribution in [0.3, 0.4) is 0 Å². The number of hydrogen-bond acceptors (Lipinski definition) is 3. The second-order valence-corrected chi connectivity index (χ2v) is 6.91. The molecule has 0 saturated heterocycles. The summed E-state index contributed by atoms with van der Waals surface area (Å²) < 4.78 is 5.90. The molecular formula is C20H17NO2S. The number of carbonyl (C=O) groups is 1. The number of anilines is 1. The van der Waals surface area contributed by atoms with Crippen molar-refractivity contribution in [3.63, 3.8) is 0 Å². The molecule has 0 bridgehead atoms. The van der Waals surface area contributed by atoms with Crippen LogP contribution in [0.15, 0.2) is 60.7 Å². The van der Waals surface area contributed by atoms with Crippen molar-refractivity contribution < 1.29 is 9.53 Å². The standard InChI is InChI=1S/C20H17NO2S/c22-20(19-13-14-7-6-12-18(14)24-19)21-16-10-4-5-11-17(16)23-15-8-2-1-3-9-15/h1-5,8-11,13H,6-7,12H2,(H,21,22). The lowest BCUT2D eigenvalue weighted by molar-refractivity contribution is 0.103. The van der Waals surface area contributed by atoms with Crippen LogP contribution in [0.25, 0.3) is 0 Å². The minimum Gasteiger partial charge on any atom is -0.455 e. The Hall–Kier alpha value is -2.59. The highest BCUT2D eigenvalue weighted by Crippen LogP contribution is 2.33. The molecule has 2 aromatic carbocycles. The third kappa shape index (κ3) is 3.05. The van der Waals surface area contributed by atoms with Crippen molar-refractivity contribution in [2.45, 2.75) is 19.3 Å². The van der Waals surface area contributed by atoms with Crippen LogP contribution >= 0.6 is 11.3 Å². The lowest BCUT2D eigenvalue weighted by Crippen LogP contribution is -2.11. The molecule has 0 saturated carbocycles. The second-order valence-electron chi connectivity index (χ2n) is 5.78. The molecule has 1 aliphatic carbocycles. The smallest absolute Gasteiger partial charge is 0.265 e. The number of benzene rings is 2. The largest absolute Gasteiger partial charge is 0.455 e. The van der Waals surface area contributed by atoms with Crippen LogP contribution in [0.4, 0.5) is 5.69 Å². The summed E-state index contributed by atoms with van der Waals surface area (Å²) >= 11 is 1.61. The first kappa shape index (κ1) is 15.0. The first-order valence-electron chi connectivity index (χ1n) is 8.04. The number of ether oxygens (including phenoxy) is 1. The highest BCUT2D eigenvalue weighted by Gasteiger charge is 2.19. The Balaban J connectivity index is 1.54. The summed E-state index contributed by atoms with van der Waals surface area (Å²) in [7, 11) is 0. The molecular weight excluding hydrogens is 318 g/mol. The number of thiophene rings is 1. The van der Waals surface area contributed by atoms with Crippen LogP contribution in [0.2, 0.25) is 0 Å². The van der Waals surface area contributed by atoms with E-state index in [1.807, 2.05) is 60.7 Å². The van der Waals surface area contributed by atoms with Crippen LogP contribution in [-0.2, 0) is 12.8 Å². The number of amides is 1. The van der Waals surface area contributed by atoms with Crippen molar-refractivity contribution in [3.8, 4) is 11.5 Å². The predicted molar refractivity (Wildman–Crippen MR) is 97.3 cm³/mol. The maximum Gasteiger partial charge on any atom is 0.265 e. The molecule has 0 aliphatic heterocycles. The van der Waals surface area contributed by atoms with E-state index in [0.717, 1.165) is 23.5 Å². The molecule has 0 unspecified atom stereocenters. The molecule has 1 N–H and O–H groups in total. The van der Waals surface area contributed by atoms with Gasteiger partial charge >= 0.3 is 0 Å². The molecule has 0 radical (unpaired) electrons. The Morgan fingerprint density at radius 1 is 1.00 bits per heavy atom. The number of nitrogens with one attached hydrogen (secondary N) is 1. The SMILES string of the molecule is O=C(Nc1ccccc1Oc1ccccc1)c1cc2c(s1)CCC2. The van der Waals surface area contributed by atoms with Gasteiger partial charge in [-0.25, -0.2) is 0 Å². The fourth-order valence-electron chi connectivity index (χ4n) is 2.90. The normalized spacial score (nSPS) is 12.7. The van der Waals surface area contributed by atoms with Crippen molar-refractivity contribution in [1.82, 2.24) is 0 Å². The number of para-hydroxylation sites is 3. The highest BCUT2D eigenvalue weighted by molar-refractivity contribution is 7.14. The molecule has 3 aromatic rings. The van der Waals surface area contributed by atoms with E-state index in [9.17, 15) is 4.79 Å². The highest BCUT2D eigenvalue weighted by atomic mass is 32.1. The lowest BCUT2D eigenvalue weighted by atomic mass is 10.2. The van der Waals surface area contributed by atoms with Gasteiger partial charge in [0.1, 0.15) is 5.75 Å². The Morgan fingerprint density at radius 3 is 2.62 bits per heavy atom. The second kappa shape index (κ2) is 6.49. The van der Waals surface area contributed by atoms with E-state index < -0.39 is 0 Å². The number of carbonyl (C=O) groups excluding carboxylic acids is 1. The average Bonchev–Trinajstić information content (AvgIpc) is 3.19. The Kier molecular flexibility index (Phi) is 4.05. The Labute approximate surface area is 144 Å². The van der Waals surface area contributed by atoms with Crippen LogP contribution in [0.1, 0.15) is 26.5 Å². The zero-order valence-corrected chi connectivity index (χ0v) is 13.9. The topological polar surface area (TPSA) is 38.3 Å². The summed E-state index contributed by atoms with van der Waals surface area (Å²) in [6, 6.07) is 19.1. The van der Waals surface area contributed by atoms with Crippen LogP contribution in [0.5, 0.6) is 11.5 Å². The first-order valence-corrected chi connectivity index (χ1v) is 8.86. The van der Waals surface area contributed by atoms with Gasteiger partial charge < -0.3 is 10.1 Å². The van der Waals surface area contributed by atoms with Crippen molar-refractivity contribution in [3.05, 3.63) is 76.0 Å². The first-order chi connectivity index (χ1) is 11.8. The zero-order valence-electron chi connectivity index (χ0n) is 13.1. The van der Waals surface area contributed by atoms with Gasteiger partial charge in [-0.2, -0.15) is 0 Å². The number of rotatable bonds is 4. The fraction of sp³-hybridized carbons (Fsp3) is 0.150. The van der Waals surface area contributed by atoms with E-state index in [-0.39, 0.29) is 5.91 Å². The quantitative estimate of drug-likeness (QED) is 0.704. The van der Waals surface area contributed by atoms with E-state index in [1.165, 1.54) is 16.9 Å². The zero-order chi connectivity index (χ0) is 16.4. The van der Waals surface area contributed by atoms with Crippen molar-refractivity contribution in [1.29, 1.82) is 0 Å². The van der Waals surface area contributed by atoms with Crippen molar-refractivity contribution >= 4 is 22.9 Å². The molecule has 0 spiro atoms. The van der Waals surface area contributed by atoms with Crippen molar-refractivity contribution in [2.75, 3.05) is 5.32 Å². The van der Waals surface area contributed by atoms with Gasteiger partial charge in [-0.15, -0.1) is 11.3 Å². The molecule has 4 rings (SSSR count). The third-order valence-corrected chi connectivity index (χ3v) is 5.31. The van der Waals surface area contributed by atoms with Crippen LogP contribution in [-0.4, -0.2) is 5.91 Å². The van der Waals surface area contributed by atoms with Crippen molar-refractivity contribution in [2.24, 2.45) is 0 Å². The van der Waals surface area contributed by atoms with Gasteiger partial charge in [-0.1, -0.05) is 30.3 Å². The van der Waals surface area contributed by atoms with Gasteiger partial charge in [0.15, 0.2) is 5.75 Å². The number of fused-ring (bicyclic) bond motifs is 1. The average molecular weight is 335 g/mol. The Bertz CT molecular complexity index is 849. The van der Waals surface area contributed by atoms with E-state index in [4.69, 9.17) is 4.74 Å². The number of hydrogen-bond donors (Lipinski definition) is 1. The van der Waals surface area contributed by atoms with Crippen LogP contribution < -0.4 is 10.1 Å². The van der Waals surface area contributed by atoms with Gasteiger partial charge in [0.25, 0.3) is 5.91 Å². The van der Waals surface area contributed by atoms with Gasteiger partial charge in [-0.3, -0.25) is 4.79 Å². The number of aryl methyl sites for hydroxylation is 2. The van der Waals surface area contributed by atoms with Gasteiger partial charge in [-0.05, 0) is 55.2 Å². The summed E-state index contributed by atoms with van der Waals surface area (Å²) in [6.07, 6.45) is 3.39. The minimum absolute atomic E-state index is 0.0708. The Morgan fingerprint density at radius 2 is 1.79 bits per heavy atom. The molecule has 3 nitrogen and oxygen atoms in total. The van der Waals surface area contributed by atoms with E-state index in [0.29, 0.717) is 11.4 Å². The van der Waals surface area contributed by atoms with Crippen LogP contribution in [0, 0.1) is 0 Å². The van der Waals surface area contributed by atoms with Gasteiger partial charge in [0, 0.05) is 4.88 Å². The fourth-order valence-corrected chi connectivity index (χ4v) is 4.05. The molecule has 120 valence electrons. The third-order valence-electron chi connectivity index (χ3n) is 4.08. The summed E-state index contributed by atoms with van der Waals surface area (Å²) in [5.41, 5.74) is 2.01. The van der Waals surface area contributed by atoms with E-state index in [1.54, 1.807) is 11.3 Å². The monoisotopic (exact) mass is 335 g/mol. The maximum atomic E-state index is 12.6. The van der Waals surface area contributed by atoms with E-state index >= 15 is 0 Å². The molecule has 0 fully saturated rings. The van der Waals surface area contributed by atoms with Gasteiger partial charge in [0.2, 0.25) is 0 Å². The maximum absolute atomic E-state index is 12.6.